The largest absolute Gasteiger partial charge is 0.488 e. The first-order chi connectivity index (χ1) is 12.2. The summed E-state index contributed by atoms with van der Waals surface area (Å²) in [4.78, 5) is 17.8. The highest BCUT2D eigenvalue weighted by Gasteiger charge is 2.21. The Balaban J connectivity index is 1.83. The molecule has 1 amide bonds. The number of rotatable bonds is 6. The Hall–Kier alpha value is -2.38. The third-order valence-corrected chi connectivity index (χ3v) is 4.87. The third-order valence-electron chi connectivity index (χ3n) is 3.96. The van der Waals surface area contributed by atoms with E-state index < -0.39 is 5.60 Å². The van der Waals surface area contributed by atoms with Gasteiger partial charge >= 0.3 is 0 Å². The summed E-state index contributed by atoms with van der Waals surface area (Å²) in [5, 5.41) is 13.2. The van der Waals surface area contributed by atoms with Crippen LogP contribution < -0.4 is 10.1 Å². The van der Waals surface area contributed by atoms with E-state index in [1.165, 1.54) is 0 Å². The van der Waals surface area contributed by atoms with Gasteiger partial charge in [-0.05, 0) is 45.9 Å². The molecule has 2 heterocycles. The van der Waals surface area contributed by atoms with E-state index in [-0.39, 0.29) is 12.5 Å². The van der Waals surface area contributed by atoms with Crippen molar-refractivity contribution in [1.82, 2.24) is 10.3 Å². The van der Waals surface area contributed by atoms with Crippen LogP contribution in [0.1, 0.15) is 40.5 Å². The summed E-state index contributed by atoms with van der Waals surface area (Å²) in [5.74, 6) is 0.908. The van der Waals surface area contributed by atoms with Gasteiger partial charge in [-0.3, -0.25) is 4.79 Å². The Kier molecular flexibility index (Phi) is 5.02. The predicted molar refractivity (Wildman–Crippen MR) is 101 cm³/mol. The van der Waals surface area contributed by atoms with E-state index in [9.17, 15) is 9.90 Å². The highest BCUT2D eigenvalue weighted by molar-refractivity contribution is 7.09. The summed E-state index contributed by atoms with van der Waals surface area (Å²) in [6.07, 6.45) is 0. The van der Waals surface area contributed by atoms with Gasteiger partial charge in [0, 0.05) is 11.9 Å². The molecule has 0 bridgehead atoms. The predicted octanol–water partition coefficient (Wildman–Crippen LogP) is 3.59. The van der Waals surface area contributed by atoms with Crippen molar-refractivity contribution in [3.63, 3.8) is 0 Å². The molecule has 0 saturated carbocycles. The number of benzene rings is 1. The number of nitrogens with zero attached hydrogens (tertiary/aromatic N) is 1. The maximum atomic E-state index is 12.6. The van der Waals surface area contributed by atoms with E-state index in [0.29, 0.717) is 34.6 Å². The van der Waals surface area contributed by atoms with Crippen LogP contribution in [0.4, 0.5) is 0 Å². The molecule has 2 N–H and O–H groups in total. The van der Waals surface area contributed by atoms with Gasteiger partial charge in [-0.2, -0.15) is 0 Å². The molecule has 2 aromatic heterocycles. The monoisotopic (exact) mass is 374 g/mol. The normalized spacial score (nSPS) is 11.7. The summed E-state index contributed by atoms with van der Waals surface area (Å²) < 4.78 is 11.5. The smallest absolute Gasteiger partial charge is 0.255 e. The number of amides is 1. The van der Waals surface area contributed by atoms with Crippen LogP contribution in [0.5, 0.6) is 5.75 Å². The molecule has 0 radical (unpaired) electrons. The Morgan fingerprint density at radius 3 is 2.81 bits per heavy atom. The van der Waals surface area contributed by atoms with Crippen molar-refractivity contribution in [1.29, 1.82) is 0 Å². The molecular weight excluding hydrogens is 352 g/mol. The molecule has 138 valence electrons. The van der Waals surface area contributed by atoms with Gasteiger partial charge in [-0.25, -0.2) is 4.98 Å². The molecule has 0 atom stereocenters. The summed E-state index contributed by atoms with van der Waals surface area (Å²) in [6.45, 7) is 7.56. The lowest BCUT2D eigenvalue weighted by atomic mass is 10.1. The van der Waals surface area contributed by atoms with Crippen molar-refractivity contribution in [2.45, 2.75) is 39.9 Å². The SMILES string of the molecule is Cc1ncsc1COc1ccc2oc(C)c(C(=O)NCC(C)(C)O)c2c1. The first-order valence-electron chi connectivity index (χ1n) is 8.30. The number of ether oxygens (including phenoxy) is 1. The van der Waals surface area contributed by atoms with E-state index in [2.05, 4.69) is 10.3 Å². The zero-order valence-corrected chi connectivity index (χ0v) is 16.1. The van der Waals surface area contributed by atoms with Gasteiger partial charge in [-0.1, -0.05) is 0 Å². The van der Waals surface area contributed by atoms with Crippen molar-refractivity contribution in [2.75, 3.05) is 6.54 Å². The number of hydrogen-bond donors (Lipinski definition) is 2. The van der Waals surface area contributed by atoms with Gasteiger partial charge in [0.25, 0.3) is 5.91 Å². The fourth-order valence-electron chi connectivity index (χ4n) is 2.57. The molecule has 26 heavy (non-hydrogen) atoms. The Labute approximate surface area is 155 Å². The first-order valence-corrected chi connectivity index (χ1v) is 9.18. The summed E-state index contributed by atoms with van der Waals surface area (Å²) in [6, 6.07) is 5.42. The van der Waals surface area contributed by atoms with E-state index in [1.54, 1.807) is 49.8 Å². The van der Waals surface area contributed by atoms with Crippen LogP contribution in [0, 0.1) is 13.8 Å². The zero-order valence-electron chi connectivity index (χ0n) is 15.3. The fourth-order valence-corrected chi connectivity index (χ4v) is 3.26. The number of aliphatic hydroxyl groups is 1. The number of furan rings is 1. The number of carbonyl (C=O) groups is 1. The maximum absolute atomic E-state index is 12.6. The van der Waals surface area contributed by atoms with Crippen LogP contribution in [0.15, 0.2) is 28.1 Å². The molecule has 3 rings (SSSR count). The number of hydrogen-bond acceptors (Lipinski definition) is 6. The average molecular weight is 374 g/mol. The average Bonchev–Trinajstić information content (AvgIpc) is 3.11. The highest BCUT2D eigenvalue weighted by atomic mass is 32.1. The quantitative estimate of drug-likeness (QED) is 0.689. The van der Waals surface area contributed by atoms with Gasteiger partial charge in [0.1, 0.15) is 23.7 Å². The first kappa shape index (κ1) is 18.4. The molecule has 0 aliphatic carbocycles. The Bertz CT molecular complexity index is 937. The molecular formula is C19H22N2O4S. The van der Waals surface area contributed by atoms with E-state index >= 15 is 0 Å². The minimum Gasteiger partial charge on any atom is -0.488 e. The minimum atomic E-state index is -0.982. The topological polar surface area (TPSA) is 84.6 Å². The Morgan fingerprint density at radius 2 is 2.15 bits per heavy atom. The summed E-state index contributed by atoms with van der Waals surface area (Å²) >= 11 is 1.55. The number of nitrogens with one attached hydrogen (secondary N) is 1. The van der Waals surface area contributed by atoms with E-state index in [0.717, 1.165) is 10.6 Å². The second-order valence-corrected chi connectivity index (χ2v) is 7.78. The lowest BCUT2D eigenvalue weighted by molar-refractivity contribution is 0.0694. The molecule has 3 aromatic rings. The van der Waals surface area contributed by atoms with Crippen molar-refractivity contribution in [3.8, 4) is 5.75 Å². The number of thiazole rings is 1. The highest BCUT2D eigenvalue weighted by Crippen LogP contribution is 2.30. The molecule has 0 fully saturated rings. The number of fused-ring (bicyclic) bond motifs is 1. The number of carbonyl (C=O) groups excluding carboxylic acids is 1. The van der Waals surface area contributed by atoms with E-state index in [1.807, 2.05) is 13.0 Å². The van der Waals surface area contributed by atoms with Crippen LogP contribution in [0.25, 0.3) is 11.0 Å². The molecule has 1 aromatic carbocycles. The number of aromatic nitrogens is 1. The van der Waals surface area contributed by atoms with Crippen molar-refractivity contribution < 1.29 is 19.1 Å². The minimum absolute atomic E-state index is 0.152. The van der Waals surface area contributed by atoms with E-state index in [4.69, 9.17) is 9.15 Å². The lowest BCUT2D eigenvalue weighted by Gasteiger charge is -2.17. The fraction of sp³-hybridized carbons (Fsp3) is 0.368. The number of aryl methyl sites for hydroxylation is 2. The molecule has 0 aliphatic heterocycles. The molecule has 0 saturated heterocycles. The van der Waals surface area contributed by atoms with Crippen molar-refractivity contribution >= 4 is 28.2 Å². The van der Waals surface area contributed by atoms with Gasteiger partial charge in [0.2, 0.25) is 0 Å². The second kappa shape index (κ2) is 7.09. The van der Waals surface area contributed by atoms with Crippen LogP contribution in [-0.2, 0) is 6.61 Å². The standard InChI is InChI=1S/C19H22N2O4S/c1-11-16(26-10-21-11)8-24-13-5-6-15-14(7-13)17(12(2)25-15)18(22)20-9-19(3,4)23/h5-7,10,23H,8-9H2,1-4H3,(H,20,22). The maximum Gasteiger partial charge on any atom is 0.255 e. The summed E-state index contributed by atoms with van der Waals surface area (Å²) in [7, 11) is 0. The van der Waals surface area contributed by atoms with Gasteiger partial charge in [0.15, 0.2) is 0 Å². The zero-order chi connectivity index (χ0) is 18.9. The molecule has 7 heteroatoms. The molecule has 0 spiro atoms. The molecule has 0 aliphatic rings. The van der Waals surface area contributed by atoms with Crippen LogP contribution >= 0.6 is 11.3 Å². The van der Waals surface area contributed by atoms with Crippen molar-refractivity contribution in [2.24, 2.45) is 0 Å². The van der Waals surface area contributed by atoms with Gasteiger partial charge < -0.3 is 19.6 Å². The van der Waals surface area contributed by atoms with Gasteiger partial charge in [0.05, 0.1) is 27.2 Å². The van der Waals surface area contributed by atoms with Crippen LogP contribution in [-0.4, -0.2) is 28.1 Å². The van der Waals surface area contributed by atoms with Crippen LogP contribution in [0.2, 0.25) is 0 Å². The Morgan fingerprint density at radius 1 is 1.38 bits per heavy atom. The molecule has 0 unspecified atom stereocenters. The lowest BCUT2D eigenvalue weighted by Crippen LogP contribution is -2.38. The third kappa shape index (κ3) is 4.05. The summed E-state index contributed by atoms with van der Waals surface area (Å²) in [5.41, 5.74) is 2.86. The second-order valence-electron chi connectivity index (χ2n) is 6.84. The van der Waals surface area contributed by atoms with Crippen molar-refractivity contribution in [3.05, 3.63) is 45.6 Å². The van der Waals surface area contributed by atoms with Gasteiger partial charge in [-0.15, -0.1) is 11.3 Å². The molecule has 6 nitrogen and oxygen atoms in total. The van der Waals surface area contributed by atoms with Crippen LogP contribution in [0.3, 0.4) is 0 Å².